The van der Waals surface area contributed by atoms with E-state index in [0.717, 1.165) is 5.82 Å². The molecule has 2 nitrogen and oxygen atoms in total. The molecule has 0 saturated heterocycles. The Morgan fingerprint density at radius 2 is 2.11 bits per heavy atom. The Labute approximate surface area is 55.1 Å². The van der Waals surface area contributed by atoms with Gasteiger partial charge in [-0.25, -0.2) is 0 Å². The number of aromatic nitrogens is 1. The lowest BCUT2D eigenvalue weighted by Gasteiger charge is -1.97. The van der Waals surface area contributed by atoms with Gasteiger partial charge in [-0.15, -0.1) is 0 Å². The van der Waals surface area contributed by atoms with Gasteiger partial charge < -0.3 is 10.7 Å². The normalized spacial score (nSPS) is 10.6. The first-order chi connectivity index (χ1) is 4.20. The minimum absolute atomic E-state index is 0.544. The Bertz CT molecular complexity index is 189. The van der Waals surface area contributed by atoms with Crippen LogP contribution in [0.15, 0.2) is 12.1 Å². The van der Waals surface area contributed by atoms with E-state index in [1.165, 1.54) is 5.69 Å². The highest BCUT2D eigenvalue weighted by Crippen LogP contribution is 2.13. The molecule has 0 fully saturated rings. The lowest BCUT2D eigenvalue weighted by molar-refractivity contribution is 0.834. The van der Waals surface area contributed by atoms with Crippen molar-refractivity contribution < 1.29 is 0 Å². The molecule has 0 aliphatic heterocycles. The van der Waals surface area contributed by atoms with Crippen molar-refractivity contribution in [3.8, 4) is 0 Å². The monoisotopic (exact) mass is 124 g/mol. The van der Waals surface area contributed by atoms with Crippen LogP contribution in [0, 0.1) is 0 Å². The van der Waals surface area contributed by atoms with Crippen molar-refractivity contribution in [1.29, 1.82) is 0 Å². The maximum Gasteiger partial charge on any atom is 0.100 e. The van der Waals surface area contributed by atoms with Gasteiger partial charge >= 0.3 is 0 Å². The Balaban J connectivity index is 2.85. The molecular weight excluding hydrogens is 112 g/mol. The summed E-state index contributed by atoms with van der Waals surface area (Å²) in [6.07, 6.45) is 0. The van der Waals surface area contributed by atoms with Crippen LogP contribution >= 0.6 is 0 Å². The van der Waals surface area contributed by atoms with Gasteiger partial charge in [-0.2, -0.15) is 0 Å². The first-order valence-corrected chi connectivity index (χ1v) is 3.14. The van der Waals surface area contributed by atoms with Crippen molar-refractivity contribution in [2.75, 3.05) is 5.73 Å². The predicted octanol–water partition coefficient (Wildman–Crippen LogP) is 1.72. The summed E-state index contributed by atoms with van der Waals surface area (Å²) >= 11 is 0. The van der Waals surface area contributed by atoms with E-state index in [1.807, 2.05) is 12.1 Å². The number of nitrogens with two attached hydrogens (primary N) is 1. The second-order valence-electron chi connectivity index (χ2n) is 2.52. The maximum atomic E-state index is 5.46. The second kappa shape index (κ2) is 2.13. The molecule has 1 aromatic rings. The van der Waals surface area contributed by atoms with E-state index < -0.39 is 0 Å². The molecule has 0 aromatic carbocycles. The summed E-state index contributed by atoms with van der Waals surface area (Å²) in [5.74, 6) is 1.29. The Hall–Kier alpha value is -0.920. The van der Waals surface area contributed by atoms with Gasteiger partial charge in [0.15, 0.2) is 0 Å². The minimum atomic E-state index is 0.544. The van der Waals surface area contributed by atoms with Gasteiger partial charge in [0, 0.05) is 5.69 Å². The number of hydrogen-bond donors (Lipinski definition) is 2. The highest BCUT2D eigenvalue weighted by molar-refractivity contribution is 5.32. The molecule has 0 aliphatic carbocycles. The molecule has 1 heterocycles. The smallest absolute Gasteiger partial charge is 0.100 e. The third-order valence-corrected chi connectivity index (χ3v) is 1.35. The van der Waals surface area contributed by atoms with Crippen LogP contribution in [0.4, 0.5) is 5.82 Å². The average molecular weight is 124 g/mol. The molecule has 0 atom stereocenters. The Morgan fingerprint density at radius 1 is 1.44 bits per heavy atom. The van der Waals surface area contributed by atoms with Crippen molar-refractivity contribution in [2.45, 2.75) is 19.8 Å². The quantitative estimate of drug-likeness (QED) is 0.588. The second-order valence-corrected chi connectivity index (χ2v) is 2.52. The number of nitrogens with one attached hydrogen (secondary N) is 1. The first-order valence-electron chi connectivity index (χ1n) is 3.14. The number of hydrogen-bond acceptors (Lipinski definition) is 1. The fourth-order valence-corrected chi connectivity index (χ4v) is 0.766. The summed E-state index contributed by atoms with van der Waals surface area (Å²) in [5.41, 5.74) is 6.66. The molecule has 0 bridgehead atoms. The van der Waals surface area contributed by atoms with E-state index in [4.69, 9.17) is 5.73 Å². The molecule has 0 aliphatic rings. The third kappa shape index (κ3) is 1.25. The van der Waals surface area contributed by atoms with Crippen LogP contribution in [0.5, 0.6) is 0 Å². The zero-order valence-electron chi connectivity index (χ0n) is 5.81. The minimum Gasteiger partial charge on any atom is -0.385 e. The molecule has 0 unspecified atom stereocenters. The standard InChI is InChI=1S/C7H12N2/c1-5(2)6-3-4-7(8)9-6/h3-5,9H,8H2,1-2H3. The molecule has 9 heavy (non-hydrogen) atoms. The summed E-state index contributed by atoms with van der Waals surface area (Å²) in [7, 11) is 0. The molecule has 2 heteroatoms. The van der Waals surface area contributed by atoms with Crippen LogP contribution in [0.2, 0.25) is 0 Å². The summed E-state index contributed by atoms with van der Waals surface area (Å²) in [6.45, 7) is 4.26. The van der Waals surface area contributed by atoms with Crippen molar-refractivity contribution in [3.63, 3.8) is 0 Å². The van der Waals surface area contributed by atoms with E-state index in [9.17, 15) is 0 Å². The predicted molar refractivity (Wildman–Crippen MR) is 39.3 cm³/mol. The molecule has 1 rings (SSSR count). The van der Waals surface area contributed by atoms with Crippen LogP contribution in [0.3, 0.4) is 0 Å². The fourth-order valence-electron chi connectivity index (χ4n) is 0.766. The van der Waals surface area contributed by atoms with E-state index in [-0.39, 0.29) is 0 Å². The van der Waals surface area contributed by atoms with E-state index in [2.05, 4.69) is 18.8 Å². The molecule has 0 saturated carbocycles. The summed E-state index contributed by atoms with van der Waals surface area (Å²) in [6, 6.07) is 3.90. The highest BCUT2D eigenvalue weighted by atomic mass is 14.8. The van der Waals surface area contributed by atoms with Gasteiger partial charge in [0.05, 0.1) is 0 Å². The number of H-pyrrole nitrogens is 1. The molecular formula is C7H12N2. The van der Waals surface area contributed by atoms with Crippen LogP contribution in [-0.4, -0.2) is 4.98 Å². The largest absolute Gasteiger partial charge is 0.385 e. The van der Waals surface area contributed by atoms with Crippen LogP contribution in [0.25, 0.3) is 0 Å². The molecule has 0 radical (unpaired) electrons. The van der Waals surface area contributed by atoms with E-state index in [0.29, 0.717) is 5.92 Å². The van der Waals surface area contributed by atoms with Crippen molar-refractivity contribution in [1.82, 2.24) is 4.98 Å². The zero-order chi connectivity index (χ0) is 6.85. The van der Waals surface area contributed by atoms with E-state index in [1.54, 1.807) is 0 Å². The van der Waals surface area contributed by atoms with Crippen molar-refractivity contribution in [2.24, 2.45) is 0 Å². The summed E-state index contributed by atoms with van der Waals surface area (Å²) in [5, 5.41) is 0. The van der Waals surface area contributed by atoms with Crippen LogP contribution in [-0.2, 0) is 0 Å². The van der Waals surface area contributed by atoms with Gasteiger partial charge in [0.2, 0.25) is 0 Å². The SMILES string of the molecule is CC(C)c1ccc(N)[nH]1. The number of rotatable bonds is 1. The molecule has 1 aromatic heterocycles. The lowest BCUT2D eigenvalue weighted by Crippen LogP contribution is -1.88. The van der Waals surface area contributed by atoms with Crippen LogP contribution in [0.1, 0.15) is 25.5 Å². The van der Waals surface area contributed by atoms with Gasteiger partial charge in [0.25, 0.3) is 0 Å². The molecule has 0 amide bonds. The third-order valence-electron chi connectivity index (χ3n) is 1.35. The van der Waals surface area contributed by atoms with Crippen molar-refractivity contribution >= 4 is 5.82 Å². The summed E-state index contributed by atoms with van der Waals surface area (Å²) in [4.78, 5) is 3.05. The topological polar surface area (TPSA) is 41.8 Å². The lowest BCUT2D eigenvalue weighted by atomic mass is 10.1. The van der Waals surface area contributed by atoms with Gasteiger partial charge in [-0.05, 0) is 18.1 Å². The number of anilines is 1. The maximum absolute atomic E-state index is 5.46. The molecule has 0 spiro atoms. The fraction of sp³-hybridized carbons (Fsp3) is 0.429. The van der Waals surface area contributed by atoms with Crippen LogP contribution < -0.4 is 5.73 Å². The van der Waals surface area contributed by atoms with Gasteiger partial charge in [-0.1, -0.05) is 13.8 Å². The Morgan fingerprint density at radius 3 is 2.33 bits per heavy atom. The number of nitrogen functional groups attached to an aromatic ring is 1. The van der Waals surface area contributed by atoms with Gasteiger partial charge in [0.1, 0.15) is 5.82 Å². The Kier molecular flexibility index (Phi) is 1.47. The number of aromatic amines is 1. The van der Waals surface area contributed by atoms with Gasteiger partial charge in [-0.3, -0.25) is 0 Å². The molecule has 50 valence electrons. The highest BCUT2D eigenvalue weighted by Gasteiger charge is 1.98. The van der Waals surface area contributed by atoms with E-state index >= 15 is 0 Å². The van der Waals surface area contributed by atoms with Crippen molar-refractivity contribution in [3.05, 3.63) is 17.8 Å². The zero-order valence-corrected chi connectivity index (χ0v) is 5.81. The summed E-state index contributed by atoms with van der Waals surface area (Å²) < 4.78 is 0. The average Bonchev–Trinajstić information content (AvgIpc) is 2.14. The first kappa shape index (κ1) is 6.20. The molecule has 3 N–H and O–H groups in total.